The van der Waals surface area contributed by atoms with Crippen LogP contribution in [0.3, 0.4) is 0 Å². The normalized spacial score (nSPS) is 10.4. The molecule has 0 saturated heterocycles. The predicted octanol–water partition coefficient (Wildman–Crippen LogP) is 1.26. The average Bonchev–Trinajstić information content (AvgIpc) is 2.34. The largest absolute Gasteiger partial charge is 0.484 e. The molecule has 0 bridgehead atoms. The molecule has 0 fully saturated rings. The van der Waals surface area contributed by atoms with Gasteiger partial charge in [0.15, 0.2) is 6.61 Å². The summed E-state index contributed by atoms with van der Waals surface area (Å²) >= 11 is 0. The van der Waals surface area contributed by atoms with Gasteiger partial charge in [-0.25, -0.2) is 0 Å². The first kappa shape index (κ1) is 13.5. The lowest BCUT2D eigenvalue weighted by molar-refractivity contribution is -0.123. The van der Waals surface area contributed by atoms with Crippen LogP contribution >= 0.6 is 0 Å². The minimum Gasteiger partial charge on any atom is -0.484 e. The van der Waals surface area contributed by atoms with Crippen LogP contribution < -0.4 is 15.8 Å². The van der Waals surface area contributed by atoms with Crippen molar-refractivity contribution in [1.82, 2.24) is 5.32 Å². The highest BCUT2D eigenvalue weighted by Gasteiger charge is 2.02. The standard InChI is InChI=1S/C13H20N2O2/c1-10(2)11-3-5-12(6-4-11)17-9-13(16)15-8-7-14/h3-6,10H,7-9,14H2,1-2H3,(H,15,16). The number of amides is 1. The minimum atomic E-state index is -0.150. The summed E-state index contributed by atoms with van der Waals surface area (Å²) in [5.41, 5.74) is 6.53. The zero-order valence-corrected chi connectivity index (χ0v) is 10.4. The van der Waals surface area contributed by atoms with Gasteiger partial charge in [0.25, 0.3) is 5.91 Å². The van der Waals surface area contributed by atoms with Gasteiger partial charge in [-0.2, -0.15) is 0 Å². The van der Waals surface area contributed by atoms with E-state index in [0.717, 1.165) is 0 Å². The van der Waals surface area contributed by atoms with Crippen molar-refractivity contribution in [3.05, 3.63) is 29.8 Å². The molecule has 0 radical (unpaired) electrons. The van der Waals surface area contributed by atoms with E-state index in [-0.39, 0.29) is 12.5 Å². The number of benzene rings is 1. The van der Waals surface area contributed by atoms with E-state index < -0.39 is 0 Å². The third kappa shape index (κ3) is 4.87. The van der Waals surface area contributed by atoms with Gasteiger partial charge in [-0.15, -0.1) is 0 Å². The lowest BCUT2D eigenvalue weighted by atomic mass is 10.0. The van der Waals surface area contributed by atoms with Gasteiger partial charge in [0.1, 0.15) is 5.75 Å². The molecule has 17 heavy (non-hydrogen) atoms. The van der Waals surface area contributed by atoms with Crippen LogP contribution in [-0.2, 0) is 4.79 Å². The molecule has 0 aliphatic carbocycles. The Kier molecular flexibility index (Phi) is 5.49. The molecule has 1 rings (SSSR count). The van der Waals surface area contributed by atoms with Crippen LogP contribution in [0.2, 0.25) is 0 Å². The van der Waals surface area contributed by atoms with Crippen molar-refractivity contribution in [3.8, 4) is 5.75 Å². The molecule has 0 atom stereocenters. The third-order valence-corrected chi connectivity index (χ3v) is 2.38. The molecule has 94 valence electrons. The predicted molar refractivity (Wildman–Crippen MR) is 68.1 cm³/mol. The van der Waals surface area contributed by atoms with Crippen LogP contribution in [-0.4, -0.2) is 25.6 Å². The zero-order valence-electron chi connectivity index (χ0n) is 10.4. The van der Waals surface area contributed by atoms with Crippen molar-refractivity contribution in [2.45, 2.75) is 19.8 Å². The molecule has 0 aromatic heterocycles. The summed E-state index contributed by atoms with van der Waals surface area (Å²) in [5, 5.41) is 2.64. The van der Waals surface area contributed by atoms with E-state index in [1.54, 1.807) is 0 Å². The maximum absolute atomic E-state index is 11.3. The van der Waals surface area contributed by atoms with E-state index >= 15 is 0 Å². The first-order chi connectivity index (χ1) is 8.13. The summed E-state index contributed by atoms with van der Waals surface area (Å²) in [5.74, 6) is 1.05. The fourth-order valence-electron chi connectivity index (χ4n) is 1.36. The number of hydrogen-bond acceptors (Lipinski definition) is 3. The molecule has 0 saturated carbocycles. The topological polar surface area (TPSA) is 64.3 Å². The number of carbonyl (C=O) groups excluding carboxylic acids is 1. The Balaban J connectivity index is 2.39. The first-order valence-corrected chi connectivity index (χ1v) is 5.83. The van der Waals surface area contributed by atoms with Gasteiger partial charge in [0, 0.05) is 13.1 Å². The molecular weight excluding hydrogens is 216 g/mol. The fourth-order valence-corrected chi connectivity index (χ4v) is 1.36. The monoisotopic (exact) mass is 236 g/mol. The molecule has 4 nitrogen and oxygen atoms in total. The molecule has 1 aromatic rings. The fraction of sp³-hybridized carbons (Fsp3) is 0.462. The lowest BCUT2D eigenvalue weighted by Gasteiger charge is -2.09. The number of hydrogen-bond donors (Lipinski definition) is 2. The van der Waals surface area contributed by atoms with Gasteiger partial charge in [0.05, 0.1) is 0 Å². The maximum Gasteiger partial charge on any atom is 0.257 e. The quantitative estimate of drug-likeness (QED) is 0.781. The van der Waals surface area contributed by atoms with Crippen molar-refractivity contribution < 1.29 is 9.53 Å². The van der Waals surface area contributed by atoms with E-state index in [0.29, 0.717) is 24.8 Å². The van der Waals surface area contributed by atoms with Crippen LogP contribution in [0.4, 0.5) is 0 Å². The van der Waals surface area contributed by atoms with E-state index in [9.17, 15) is 4.79 Å². The average molecular weight is 236 g/mol. The Hall–Kier alpha value is -1.55. The highest BCUT2D eigenvalue weighted by molar-refractivity contribution is 5.77. The Labute approximate surface area is 102 Å². The van der Waals surface area contributed by atoms with Crippen molar-refractivity contribution in [2.24, 2.45) is 5.73 Å². The van der Waals surface area contributed by atoms with Crippen molar-refractivity contribution >= 4 is 5.91 Å². The molecule has 0 unspecified atom stereocenters. The Morgan fingerprint density at radius 3 is 2.53 bits per heavy atom. The van der Waals surface area contributed by atoms with E-state index in [4.69, 9.17) is 10.5 Å². The van der Waals surface area contributed by atoms with Gasteiger partial charge >= 0.3 is 0 Å². The Morgan fingerprint density at radius 1 is 1.35 bits per heavy atom. The van der Waals surface area contributed by atoms with Crippen LogP contribution in [0.1, 0.15) is 25.3 Å². The summed E-state index contributed by atoms with van der Waals surface area (Å²) in [4.78, 5) is 11.3. The van der Waals surface area contributed by atoms with Gasteiger partial charge in [-0.3, -0.25) is 4.79 Å². The molecule has 1 amide bonds. The summed E-state index contributed by atoms with van der Waals surface area (Å²) in [6, 6.07) is 7.78. The van der Waals surface area contributed by atoms with E-state index in [1.807, 2.05) is 24.3 Å². The number of carbonyl (C=O) groups is 1. The van der Waals surface area contributed by atoms with Crippen molar-refractivity contribution in [1.29, 1.82) is 0 Å². The second-order valence-electron chi connectivity index (χ2n) is 4.15. The van der Waals surface area contributed by atoms with Crippen LogP contribution in [0, 0.1) is 0 Å². The molecule has 0 aliphatic rings. The highest BCUT2D eigenvalue weighted by Crippen LogP contribution is 2.18. The lowest BCUT2D eigenvalue weighted by Crippen LogP contribution is -2.32. The first-order valence-electron chi connectivity index (χ1n) is 5.83. The van der Waals surface area contributed by atoms with Crippen LogP contribution in [0.25, 0.3) is 0 Å². The maximum atomic E-state index is 11.3. The van der Waals surface area contributed by atoms with E-state index in [1.165, 1.54) is 5.56 Å². The minimum absolute atomic E-state index is 0.0288. The van der Waals surface area contributed by atoms with Gasteiger partial charge in [0.2, 0.25) is 0 Å². The summed E-state index contributed by atoms with van der Waals surface area (Å²) in [6.07, 6.45) is 0. The smallest absolute Gasteiger partial charge is 0.257 e. The molecule has 4 heteroatoms. The Bertz CT molecular complexity index is 347. The number of nitrogens with two attached hydrogens (primary N) is 1. The summed E-state index contributed by atoms with van der Waals surface area (Å²) in [7, 11) is 0. The molecule has 3 N–H and O–H groups in total. The van der Waals surface area contributed by atoms with Crippen molar-refractivity contribution in [3.63, 3.8) is 0 Å². The van der Waals surface area contributed by atoms with Crippen molar-refractivity contribution in [2.75, 3.05) is 19.7 Å². The zero-order chi connectivity index (χ0) is 12.7. The van der Waals surface area contributed by atoms with E-state index in [2.05, 4.69) is 19.2 Å². The van der Waals surface area contributed by atoms with Crippen LogP contribution in [0.5, 0.6) is 5.75 Å². The highest BCUT2D eigenvalue weighted by atomic mass is 16.5. The van der Waals surface area contributed by atoms with Gasteiger partial charge < -0.3 is 15.8 Å². The molecular formula is C13H20N2O2. The molecule has 0 aliphatic heterocycles. The second-order valence-corrected chi connectivity index (χ2v) is 4.15. The van der Waals surface area contributed by atoms with Crippen LogP contribution in [0.15, 0.2) is 24.3 Å². The number of nitrogens with one attached hydrogen (secondary N) is 1. The molecule has 0 spiro atoms. The van der Waals surface area contributed by atoms with Gasteiger partial charge in [-0.1, -0.05) is 26.0 Å². The second kappa shape index (κ2) is 6.91. The third-order valence-electron chi connectivity index (χ3n) is 2.38. The summed E-state index contributed by atoms with van der Waals surface area (Å²) < 4.78 is 5.35. The summed E-state index contributed by atoms with van der Waals surface area (Å²) in [6.45, 7) is 5.22. The SMILES string of the molecule is CC(C)c1ccc(OCC(=O)NCCN)cc1. The molecule has 0 heterocycles. The number of rotatable bonds is 6. The number of ether oxygens (including phenoxy) is 1. The molecule has 1 aromatic carbocycles. The van der Waals surface area contributed by atoms with Gasteiger partial charge in [-0.05, 0) is 23.6 Å². The Morgan fingerprint density at radius 2 is 2.00 bits per heavy atom.